The van der Waals surface area contributed by atoms with Gasteiger partial charge in [0.1, 0.15) is 17.5 Å². The molecule has 0 amide bonds. The lowest BCUT2D eigenvalue weighted by Crippen LogP contribution is -2.31. The zero-order valence-electron chi connectivity index (χ0n) is 16.4. The van der Waals surface area contributed by atoms with Crippen LogP contribution < -0.4 is 19.7 Å². The minimum Gasteiger partial charge on any atom is -0.493 e. The SMILES string of the molecule is COc1cc2c(cc1OC)CN(c1cc(NC3CCCC3)nc(C)n1)CC2. The van der Waals surface area contributed by atoms with Crippen molar-refractivity contribution in [3.05, 3.63) is 35.2 Å². The highest BCUT2D eigenvalue weighted by molar-refractivity contribution is 5.54. The van der Waals surface area contributed by atoms with Crippen molar-refractivity contribution in [2.75, 3.05) is 31.0 Å². The Hall–Kier alpha value is -2.50. The molecular weight excluding hydrogens is 340 g/mol. The fourth-order valence-electron chi connectivity index (χ4n) is 4.15. The summed E-state index contributed by atoms with van der Waals surface area (Å²) in [4.78, 5) is 11.6. The number of fused-ring (bicyclic) bond motifs is 1. The lowest BCUT2D eigenvalue weighted by molar-refractivity contribution is 0.353. The molecule has 1 aromatic carbocycles. The summed E-state index contributed by atoms with van der Waals surface area (Å²) in [7, 11) is 3.36. The fourth-order valence-corrected chi connectivity index (χ4v) is 4.15. The standard InChI is InChI=1S/C21H28N4O2/c1-14-22-20(24-17-6-4-5-7-17)12-21(23-14)25-9-8-15-10-18(26-2)19(27-3)11-16(15)13-25/h10-12,17H,4-9,13H2,1-3H3,(H,22,23,24). The minimum absolute atomic E-state index is 0.547. The van der Waals surface area contributed by atoms with Crippen molar-refractivity contribution < 1.29 is 9.47 Å². The third-order valence-corrected chi connectivity index (χ3v) is 5.57. The molecule has 1 N–H and O–H groups in total. The average molecular weight is 368 g/mol. The Morgan fingerprint density at radius 2 is 1.70 bits per heavy atom. The minimum atomic E-state index is 0.547. The fraction of sp³-hybridized carbons (Fsp3) is 0.524. The first-order valence-corrected chi connectivity index (χ1v) is 9.77. The maximum absolute atomic E-state index is 5.48. The number of anilines is 2. The zero-order valence-corrected chi connectivity index (χ0v) is 16.4. The number of methoxy groups -OCH3 is 2. The van der Waals surface area contributed by atoms with Crippen molar-refractivity contribution in [2.45, 2.75) is 51.6 Å². The monoisotopic (exact) mass is 368 g/mol. The Labute approximate surface area is 160 Å². The summed E-state index contributed by atoms with van der Waals surface area (Å²) in [5.74, 6) is 4.32. The summed E-state index contributed by atoms with van der Waals surface area (Å²) in [5, 5.41) is 3.60. The molecule has 0 spiro atoms. The number of benzene rings is 1. The van der Waals surface area contributed by atoms with E-state index in [0.29, 0.717) is 6.04 Å². The molecule has 0 atom stereocenters. The van der Waals surface area contributed by atoms with E-state index in [0.717, 1.165) is 48.5 Å². The predicted molar refractivity (Wildman–Crippen MR) is 107 cm³/mol. The van der Waals surface area contributed by atoms with E-state index in [1.807, 2.05) is 6.92 Å². The van der Waals surface area contributed by atoms with Gasteiger partial charge in [-0.25, -0.2) is 9.97 Å². The maximum Gasteiger partial charge on any atom is 0.161 e. The van der Waals surface area contributed by atoms with Gasteiger partial charge < -0.3 is 19.7 Å². The molecule has 1 aromatic heterocycles. The van der Waals surface area contributed by atoms with Crippen LogP contribution in [-0.2, 0) is 13.0 Å². The highest BCUT2D eigenvalue weighted by Gasteiger charge is 2.22. The Kier molecular flexibility index (Phi) is 5.05. The van der Waals surface area contributed by atoms with Gasteiger partial charge in [0, 0.05) is 25.2 Å². The summed E-state index contributed by atoms with van der Waals surface area (Å²) in [5.41, 5.74) is 2.58. The highest BCUT2D eigenvalue weighted by atomic mass is 16.5. The average Bonchev–Trinajstić information content (AvgIpc) is 3.18. The Bertz CT molecular complexity index is 818. The Balaban J connectivity index is 1.57. The Morgan fingerprint density at radius 1 is 1.00 bits per heavy atom. The number of hydrogen-bond donors (Lipinski definition) is 1. The molecule has 1 aliphatic carbocycles. The van der Waals surface area contributed by atoms with Gasteiger partial charge in [0.25, 0.3) is 0 Å². The van der Waals surface area contributed by atoms with Crippen LogP contribution in [-0.4, -0.2) is 36.8 Å². The smallest absolute Gasteiger partial charge is 0.161 e. The molecule has 0 bridgehead atoms. The number of aryl methyl sites for hydroxylation is 1. The van der Waals surface area contributed by atoms with Crippen LogP contribution in [0.25, 0.3) is 0 Å². The van der Waals surface area contributed by atoms with Crippen molar-refractivity contribution in [3.8, 4) is 11.5 Å². The van der Waals surface area contributed by atoms with Gasteiger partial charge in [-0.2, -0.15) is 0 Å². The molecular formula is C21H28N4O2. The second-order valence-electron chi connectivity index (χ2n) is 7.43. The molecule has 6 heteroatoms. The van der Waals surface area contributed by atoms with Gasteiger partial charge >= 0.3 is 0 Å². The first-order chi connectivity index (χ1) is 13.2. The van der Waals surface area contributed by atoms with Gasteiger partial charge in [-0.05, 0) is 49.4 Å². The van der Waals surface area contributed by atoms with Crippen LogP contribution in [0, 0.1) is 6.92 Å². The molecule has 0 radical (unpaired) electrons. The van der Waals surface area contributed by atoms with Crippen LogP contribution in [0.5, 0.6) is 11.5 Å². The van der Waals surface area contributed by atoms with Crippen LogP contribution in [0.15, 0.2) is 18.2 Å². The summed E-state index contributed by atoms with van der Waals surface area (Å²) >= 11 is 0. The lowest BCUT2D eigenvalue weighted by Gasteiger charge is -2.31. The molecule has 2 aromatic rings. The van der Waals surface area contributed by atoms with Crippen molar-refractivity contribution >= 4 is 11.6 Å². The molecule has 0 saturated heterocycles. The quantitative estimate of drug-likeness (QED) is 0.868. The Morgan fingerprint density at radius 3 is 2.41 bits per heavy atom. The van der Waals surface area contributed by atoms with Crippen LogP contribution in [0.4, 0.5) is 11.6 Å². The zero-order chi connectivity index (χ0) is 18.8. The van der Waals surface area contributed by atoms with E-state index in [2.05, 4.69) is 33.4 Å². The number of aromatic nitrogens is 2. The van der Waals surface area contributed by atoms with E-state index in [9.17, 15) is 0 Å². The maximum atomic E-state index is 5.48. The number of rotatable bonds is 5. The molecule has 27 heavy (non-hydrogen) atoms. The predicted octanol–water partition coefficient (Wildman–Crippen LogP) is 3.72. The van der Waals surface area contributed by atoms with E-state index >= 15 is 0 Å². The van der Waals surface area contributed by atoms with Gasteiger partial charge in [-0.1, -0.05) is 12.8 Å². The van der Waals surface area contributed by atoms with Crippen molar-refractivity contribution in [1.29, 1.82) is 0 Å². The van der Waals surface area contributed by atoms with Gasteiger partial charge in [0.2, 0.25) is 0 Å². The molecule has 4 rings (SSSR count). The van der Waals surface area contributed by atoms with E-state index in [-0.39, 0.29) is 0 Å². The van der Waals surface area contributed by atoms with E-state index in [1.54, 1.807) is 14.2 Å². The second-order valence-corrected chi connectivity index (χ2v) is 7.43. The van der Waals surface area contributed by atoms with E-state index < -0.39 is 0 Å². The van der Waals surface area contributed by atoms with Gasteiger partial charge in [-0.3, -0.25) is 0 Å². The molecule has 1 saturated carbocycles. The molecule has 0 unspecified atom stereocenters. The largest absolute Gasteiger partial charge is 0.493 e. The van der Waals surface area contributed by atoms with Gasteiger partial charge in [0.15, 0.2) is 11.5 Å². The second kappa shape index (κ2) is 7.62. The number of ether oxygens (including phenoxy) is 2. The van der Waals surface area contributed by atoms with Crippen LogP contribution in [0.1, 0.15) is 42.6 Å². The number of nitrogens with one attached hydrogen (secondary N) is 1. The summed E-state index contributed by atoms with van der Waals surface area (Å²) < 4.78 is 10.9. The highest BCUT2D eigenvalue weighted by Crippen LogP contribution is 2.34. The lowest BCUT2D eigenvalue weighted by atomic mass is 9.99. The van der Waals surface area contributed by atoms with Crippen molar-refractivity contribution in [1.82, 2.24) is 9.97 Å². The number of hydrogen-bond acceptors (Lipinski definition) is 6. The van der Waals surface area contributed by atoms with Crippen LogP contribution >= 0.6 is 0 Å². The third-order valence-electron chi connectivity index (χ3n) is 5.57. The molecule has 2 aliphatic rings. The molecule has 2 heterocycles. The molecule has 1 fully saturated rings. The number of nitrogens with zero attached hydrogens (tertiary/aromatic N) is 3. The third kappa shape index (κ3) is 3.80. The van der Waals surface area contributed by atoms with E-state index in [4.69, 9.17) is 14.5 Å². The first kappa shape index (κ1) is 17.9. The molecule has 144 valence electrons. The van der Waals surface area contributed by atoms with Gasteiger partial charge in [0.05, 0.1) is 14.2 Å². The van der Waals surface area contributed by atoms with Gasteiger partial charge in [-0.15, -0.1) is 0 Å². The summed E-state index contributed by atoms with van der Waals surface area (Å²) in [6.45, 7) is 3.71. The first-order valence-electron chi connectivity index (χ1n) is 9.77. The van der Waals surface area contributed by atoms with Crippen LogP contribution in [0.2, 0.25) is 0 Å². The normalized spacial score (nSPS) is 16.9. The summed E-state index contributed by atoms with van der Waals surface area (Å²) in [6, 6.07) is 6.83. The van der Waals surface area contributed by atoms with Crippen LogP contribution in [0.3, 0.4) is 0 Å². The summed E-state index contributed by atoms with van der Waals surface area (Å²) in [6.07, 6.45) is 6.05. The topological polar surface area (TPSA) is 59.5 Å². The van der Waals surface area contributed by atoms with Crippen molar-refractivity contribution in [3.63, 3.8) is 0 Å². The van der Waals surface area contributed by atoms with E-state index in [1.165, 1.54) is 36.8 Å². The molecule has 1 aliphatic heterocycles. The van der Waals surface area contributed by atoms with Crippen molar-refractivity contribution in [2.24, 2.45) is 0 Å². The molecule has 6 nitrogen and oxygen atoms in total.